The van der Waals surface area contributed by atoms with Crippen LogP contribution in [0.5, 0.6) is 0 Å². The van der Waals surface area contributed by atoms with Gasteiger partial charge in [0.15, 0.2) is 0 Å². The number of alkyl halides is 1. The highest BCUT2D eigenvalue weighted by atomic mass is 35.5. The van der Waals surface area contributed by atoms with Crippen molar-refractivity contribution in [1.82, 2.24) is 0 Å². The minimum absolute atomic E-state index is 0.535. The molecule has 0 heterocycles. The number of hydrogen-bond donors (Lipinski definition) is 0. The lowest BCUT2D eigenvalue weighted by Gasteiger charge is -2.08. The van der Waals surface area contributed by atoms with Crippen LogP contribution in [0.4, 0.5) is 0 Å². The SMILES string of the molecule is Cc1cc(CCl)ccc1C#Cc1cccc(-c2ccccc2)c1C. The van der Waals surface area contributed by atoms with Crippen molar-refractivity contribution in [3.8, 4) is 23.0 Å². The van der Waals surface area contributed by atoms with Gasteiger partial charge in [-0.25, -0.2) is 0 Å². The first-order chi connectivity index (χ1) is 11.7. The number of aryl methyl sites for hydroxylation is 1. The van der Waals surface area contributed by atoms with Crippen molar-refractivity contribution in [2.24, 2.45) is 0 Å². The molecule has 24 heavy (non-hydrogen) atoms. The highest BCUT2D eigenvalue weighted by Crippen LogP contribution is 2.25. The molecule has 0 amide bonds. The first-order valence-electron chi connectivity index (χ1n) is 8.01. The zero-order valence-electron chi connectivity index (χ0n) is 13.9. The molecule has 3 aromatic carbocycles. The van der Waals surface area contributed by atoms with Crippen LogP contribution >= 0.6 is 11.6 Å². The molecule has 118 valence electrons. The summed E-state index contributed by atoms with van der Waals surface area (Å²) in [4.78, 5) is 0. The average molecular weight is 331 g/mol. The summed E-state index contributed by atoms with van der Waals surface area (Å²) in [5, 5.41) is 0. The summed E-state index contributed by atoms with van der Waals surface area (Å²) in [5.74, 6) is 7.18. The standard InChI is InChI=1S/C23H19Cl/c1-17-15-19(16-24)11-12-20(17)13-14-21-9-6-10-23(18(21)2)22-7-4-3-5-8-22/h3-12,15H,16H2,1-2H3. The third-order valence-electron chi connectivity index (χ3n) is 4.20. The van der Waals surface area contributed by atoms with Gasteiger partial charge in [0.25, 0.3) is 0 Å². The van der Waals surface area contributed by atoms with Crippen molar-refractivity contribution in [3.05, 3.63) is 94.5 Å². The molecule has 0 bridgehead atoms. The van der Waals surface area contributed by atoms with E-state index in [2.05, 4.69) is 80.3 Å². The van der Waals surface area contributed by atoms with E-state index in [0.29, 0.717) is 5.88 Å². The van der Waals surface area contributed by atoms with Crippen LogP contribution in [0.15, 0.2) is 66.7 Å². The van der Waals surface area contributed by atoms with E-state index in [1.165, 1.54) is 16.7 Å². The van der Waals surface area contributed by atoms with Crippen molar-refractivity contribution < 1.29 is 0 Å². The predicted molar refractivity (Wildman–Crippen MR) is 103 cm³/mol. The Labute approximate surface area is 149 Å². The summed E-state index contributed by atoms with van der Waals surface area (Å²) in [6.45, 7) is 4.21. The largest absolute Gasteiger partial charge is 0.122 e. The highest BCUT2D eigenvalue weighted by Gasteiger charge is 2.04. The molecule has 3 rings (SSSR count). The molecule has 0 saturated carbocycles. The fraction of sp³-hybridized carbons (Fsp3) is 0.130. The van der Waals surface area contributed by atoms with Crippen LogP contribution in [-0.2, 0) is 5.88 Å². The third-order valence-corrected chi connectivity index (χ3v) is 4.50. The summed E-state index contributed by atoms with van der Waals surface area (Å²) in [6, 6.07) is 22.9. The lowest BCUT2D eigenvalue weighted by molar-refractivity contribution is 1.33. The monoisotopic (exact) mass is 330 g/mol. The summed E-state index contributed by atoms with van der Waals surface area (Å²) >= 11 is 5.88. The molecule has 0 radical (unpaired) electrons. The second kappa shape index (κ2) is 7.39. The zero-order chi connectivity index (χ0) is 16.9. The van der Waals surface area contributed by atoms with Crippen LogP contribution in [0.2, 0.25) is 0 Å². The van der Waals surface area contributed by atoms with Crippen LogP contribution in [-0.4, -0.2) is 0 Å². The molecule has 1 heteroatoms. The molecular weight excluding hydrogens is 312 g/mol. The van der Waals surface area contributed by atoms with Crippen molar-refractivity contribution in [2.45, 2.75) is 19.7 Å². The van der Waals surface area contributed by atoms with E-state index in [4.69, 9.17) is 11.6 Å². The van der Waals surface area contributed by atoms with Crippen LogP contribution < -0.4 is 0 Å². The molecule has 0 saturated heterocycles. The number of rotatable bonds is 2. The van der Waals surface area contributed by atoms with Gasteiger partial charge in [-0.05, 0) is 53.8 Å². The van der Waals surface area contributed by atoms with Crippen LogP contribution in [0.25, 0.3) is 11.1 Å². The van der Waals surface area contributed by atoms with E-state index >= 15 is 0 Å². The number of hydrogen-bond acceptors (Lipinski definition) is 0. The van der Waals surface area contributed by atoms with Crippen LogP contribution in [0.1, 0.15) is 27.8 Å². The molecule has 0 atom stereocenters. The maximum atomic E-state index is 5.88. The van der Waals surface area contributed by atoms with E-state index in [1.807, 2.05) is 12.1 Å². The van der Waals surface area contributed by atoms with Crippen molar-refractivity contribution >= 4 is 11.6 Å². The van der Waals surface area contributed by atoms with Crippen molar-refractivity contribution in [3.63, 3.8) is 0 Å². The van der Waals surface area contributed by atoms with E-state index in [9.17, 15) is 0 Å². The number of halogens is 1. The molecule has 0 nitrogen and oxygen atoms in total. The van der Waals surface area contributed by atoms with Gasteiger partial charge in [0.1, 0.15) is 0 Å². The Morgan fingerprint density at radius 3 is 2.25 bits per heavy atom. The molecule has 0 unspecified atom stereocenters. The van der Waals surface area contributed by atoms with Gasteiger partial charge in [-0.1, -0.05) is 66.4 Å². The van der Waals surface area contributed by atoms with Gasteiger partial charge < -0.3 is 0 Å². The Hall–Kier alpha value is -2.49. The number of benzene rings is 3. The Balaban J connectivity index is 1.98. The van der Waals surface area contributed by atoms with Gasteiger partial charge in [0.2, 0.25) is 0 Å². The third kappa shape index (κ3) is 3.53. The molecule has 0 aromatic heterocycles. The molecule has 0 aliphatic rings. The van der Waals surface area contributed by atoms with Crippen molar-refractivity contribution in [1.29, 1.82) is 0 Å². The highest BCUT2D eigenvalue weighted by molar-refractivity contribution is 6.17. The maximum absolute atomic E-state index is 5.88. The Kier molecular flexibility index (Phi) is 5.04. The maximum Gasteiger partial charge on any atom is 0.0474 e. The summed E-state index contributed by atoms with van der Waals surface area (Å²) in [7, 11) is 0. The minimum atomic E-state index is 0.535. The summed E-state index contributed by atoms with van der Waals surface area (Å²) in [5.41, 5.74) is 8.08. The van der Waals surface area contributed by atoms with E-state index < -0.39 is 0 Å². The van der Waals surface area contributed by atoms with Gasteiger partial charge in [0.05, 0.1) is 0 Å². The minimum Gasteiger partial charge on any atom is -0.122 e. The van der Waals surface area contributed by atoms with Crippen LogP contribution in [0, 0.1) is 25.7 Å². The summed E-state index contributed by atoms with van der Waals surface area (Å²) in [6.07, 6.45) is 0. The van der Waals surface area contributed by atoms with Crippen molar-refractivity contribution in [2.75, 3.05) is 0 Å². The fourth-order valence-electron chi connectivity index (χ4n) is 2.79. The lowest BCUT2D eigenvalue weighted by Crippen LogP contribution is -1.89. The van der Waals surface area contributed by atoms with Gasteiger partial charge in [-0.3, -0.25) is 0 Å². The second-order valence-corrected chi connectivity index (χ2v) is 6.14. The normalized spacial score (nSPS) is 10.1. The first kappa shape index (κ1) is 16.4. The van der Waals surface area contributed by atoms with E-state index in [-0.39, 0.29) is 0 Å². The molecule has 0 aliphatic carbocycles. The molecule has 0 fully saturated rings. The smallest absolute Gasteiger partial charge is 0.0474 e. The van der Waals surface area contributed by atoms with E-state index in [1.54, 1.807) is 0 Å². The van der Waals surface area contributed by atoms with Gasteiger partial charge in [0, 0.05) is 17.0 Å². The average Bonchev–Trinajstić information content (AvgIpc) is 2.62. The lowest BCUT2D eigenvalue weighted by atomic mass is 9.96. The summed E-state index contributed by atoms with van der Waals surface area (Å²) < 4.78 is 0. The van der Waals surface area contributed by atoms with Crippen LogP contribution in [0.3, 0.4) is 0 Å². The zero-order valence-corrected chi connectivity index (χ0v) is 14.7. The van der Waals surface area contributed by atoms with Gasteiger partial charge >= 0.3 is 0 Å². The van der Waals surface area contributed by atoms with Gasteiger partial charge in [-0.15, -0.1) is 11.6 Å². The van der Waals surface area contributed by atoms with Gasteiger partial charge in [-0.2, -0.15) is 0 Å². The predicted octanol–water partition coefficient (Wildman–Crippen LogP) is 6.11. The first-order valence-corrected chi connectivity index (χ1v) is 8.55. The molecule has 0 spiro atoms. The topological polar surface area (TPSA) is 0 Å². The molecular formula is C23H19Cl. The Bertz CT molecular complexity index is 912. The molecule has 0 N–H and O–H groups in total. The molecule has 0 aliphatic heterocycles. The Morgan fingerprint density at radius 1 is 0.792 bits per heavy atom. The Morgan fingerprint density at radius 2 is 1.54 bits per heavy atom. The quantitative estimate of drug-likeness (QED) is 0.393. The fourth-order valence-corrected chi connectivity index (χ4v) is 2.95. The van der Waals surface area contributed by atoms with E-state index in [0.717, 1.165) is 22.3 Å². The molecule has 3 aromatic rings. The second-order valence-electron chi connectivity index (χ2n) is 5.88.